The van der Waals surface area contributed by atoms with E-state index in [9.17, 15) is 10.2 Å². The number of rotatable bonds is 8. The van der Waals surface area contributed by atoms with Crippen LogP contribution in [0.1, 0.15) is 91.0 Å². The second kappa shape index (κ2) is 13.4. The van der Waals surface area contributed by atoms with Crippen LogP contribution in [0, 0.1) is 6.92 Å². The van der Waals surface area contributed by atoms with Crippen LogP contribution in [0.3, 0.4) is 0 Å². The quantitative estimate of drug-likeness (QED) is 0.207. The molecule has 4 heteroatoms. The first-order valence-electron chi connectivity index (χ1n) is 15.5. The number of nitrogens with zero attached hydrogens (tertiary/aromatic N) is 2. The smallest absolute Gasteiger partial charge is 0.127 e. The zero-order valence-electron chi connectivity index (χ0n) is 25.9. The lowest BCUT2D eigenvalue weighted by atomic mass is 9.84. The van der Waals surface area contributed by atoms with Crippen LogP contribution in [0.4, 0.5) is 0 Å². The van der Waals surface area contributed by atoms with Crippen molar-refractivity contribution in [3.8, 4) is 11.5 Å². The van der Waals surface area contributed by atoms with Crippen LogP contribution in [0.5, 0.6) is 11.5 Å². The summed E-state index contributed by atoms with van der Waals surface area (Å²) in [6.07, 6.45) is 9.17. The molecule has 1 saturated carbocycles. The van der Waals surface area contributed by atoms with Gasteiger partial charge in [-0.1, -0.05) is 106 Å². The third-order valence-corrected chi connectivity index (χ3v) is 8.43. The molecule has 2 atom stereocenters. The Morgan fingerprint density at radius 3 is 1.63 bits per heavy atom. The average Bonchev–Trinajstić information content (AvgIpc) is 2.99. The SMILES string of the molecule is Cc1cc(C=NC2CCCCC2N=Cc2cc(C(C)(C)C)cc(Cc3ccccc3)c2O)c(O)c(Cc2ccccc2)c1. The van der Waals surface area contributed by atoms with Gasteiger partial charge in [0.25, 0.3) is 0 Å². The Morgan fingerprint density at radius 2 is 1.14 bits per heavy atom. The Labute approximate surface area is 256 Å². The van der Waals surface area contributed by atoms with Crippen LogP contribution in [0.15, 0.2) is 94.9 Å². The Balaban J connectivity index is 1.39. The maximum absolute atomic E-state index is 11.3. The standard InChI is InChI=1S/C39H44N2O2/c1-27-19-30(21-28-13-7-5-8-14-28)37(42)32(20-27)25-40-35-17-11-12-18-36(35)41-26-33-24-34(39(2,3)4)23-31(38(33)43)22-29-15-9-6-10-16-29/h5-10,13-16,19-20,23-26,35-36,42-43H,11-12,17-18,21-22H2,1-4H3. The van der Waals surface area contributed by atoms with Gasteiger partial charge in [0.15, 0.2) is 0 Å². The van der Waals surface area contributed by atoms with Crippen LogP contribution in [-0.2, 0) is 18.3 Å². The van der Waals surface area contributed by atoms with Crippen molar-refractivity contribution in [3.05, 3.63) is 129 Å². The normalized spacial score (nSPS) is 17.6. The van der Waals surface area contributed by atoms with E-state index >= 15 is 0 Å². The summed E-state index contributed by atoms with van der Waals surface area (Å²) in [5.41, 5.74) is 7.88. The molecule has 43 heavy (non-hydrogen) atoms. The molecule has 0 radical (unpaired) electrons. The molecule has 0 amide bonds. The Morgan fingerprint density at radius 1 is 0.674 bits per heavy atom. The molecule has 0 heterocycles. The van der Waals surface area contributed by atoms with Crippen molar-refractivity contribution >= 4 is 12.4 Å². The molecule has 0 saturated heterocycles. The summed E-state index contributed by atoms with van der Waals surface area (Å²) < 4.78 is 0. The Hall–Kier alpha value is -4.18. The molecular weight excluding hydrogens is 528 g/mol. The first-order valence-corrected chi connectivity index (χ1v) is 15.5. The number of hydrogen-bond acceptors (Lipinski definition) is 4. The molecule has 0 spiro atoms. The first-order chi connectivity index (χ1) is 20.7. The zero-order valence-corrected chi connectivity index (χ0v) is 25.9. The fraction of sp³-hybridized carbons (Fsp3) is 0.333. The maximum Gasteiger partial charge on any atom is 0.127 e. The van der Waals surface area contributed by atoms with Gasteiger partial charge < -0.3 is 10.2 Å². The minimum atomic E-state index is -0.0609. The molecule has 4 aromatic carbocycles. The summed E-state index contributed by atoms with van der Waals surface area (Å²) >= 11 is 0. The molecule has 4 aromatic rings. The van der Waals surface area contributed by atoms with Crippen molar-refractivity contribution in [1.82, 2.24) is 0 Å². The van der Waals surface area contributed by atoms with Crippen molar-refractivity contribution in [2.24, 2.45) is 9.98 Å². The predicted molar refractivity (Wildman–Crippen MR) is 179 cm³/mol. The molecule has 1 aliphatic rings. The van der Waals surface area contributed by atoms with Gasteiger partial charge in [0, 0.05) is 36.4 Å². The average molecular weight is 573 g/mol. The van der Waals surface area contributed by atoms with E-state index < -0.39 is 0 Å². The second-order valence-corrected chi connectivity index (χ2v) is 13.0. The Kier molecular flexibility index (Phi) is 9.45. The van der Waals surface area contributed by atoms with Gasteiger partial charge in [-0.15, -0.1) is 0 Å². The molecule has 2 unspecified atom stereocenters. The fourth-order valence-corrected chi connectivity index (χ4v) is 5.93. The molecule has 0 aliphatic heterocycles. The van der Waals surface area contributed by atoms with Crippen LogP contribution >= 0.6 is 0 Å². The highest BCUT2D eigenvalue weighted by molar-refractivity contribution is 5.86. The van der Waals surface area contributed by atoms with E-state index in [1.807, 2.05) is 54.9 Å². The summed E-state index contributed by atoms with van der Waals surface area (Å²) in [6, 6.07) is 28.8. The van der Waals surface area contributed by atoms with E-state index in [0.717, 1.165) is 53.5 Å². The van der Waals surface area contributed by atoms with Crippen LogP contribution in [0.25, 0.3) is 0 Å². The molecule has 1 aliphatic carbocycles. The van der Waals surface area contributed by atoms with Gasteiger partial charge in [-0.2, -0.15) is 0 Å². The molecular formula is C39H44N2O2. The number of aliphatic imine (C=N–C) groups is 2. The lowest BCUT2D eigenvalue weighted by Crippen LogP contribution is -2.27. The third-order valence-electron chi connectivity index (χ3n) is 8.43. The molecule has 4 nitrogen and oxygen atoms in total. The van der Waals surface area contributed by atoms with Crippen molar-refractivity contribution < 1.29 is 10.2 Å². The van der Waals surface area contributed by atoms with Crippen LogP contribution < -0.4 is 0 Å². The second-order valence-electron chi connectivity index (χ2n) is 13.0. The summed E-state index contributed by atoms with van der Waals surface area (Å²) in [5.74, 6) is 0.594. The van der Waals surface area contributed by atoms with E-state index in [1.54, 1.807) is 0 Å². The number of aromatic hydroxyl groups is 2. The van der Waals surface area contributed by atoms with E-state index in [4.69, 9.17) is 9.98 Å². The van der Waals surface area contributed by atoms with E-state index in [2.05, 4.69) is 70.2 Å². The largest absolute Gasteiger partial charge is 0.507 e. The van der Waals surface area contributed by atoms with Crippen LogP contribution in [0.2, 0.25) is 0 Å². The van der Waals surface area contributed by atoms with Crippen molar-refractivity contribution in [2.45, 2.75) is 83.7 Å². The fourth-order valence-electron chi connectivity index (χ4n) is 5.93. The molecule has 0 bridgehead atoms. The number of hydrogen-bond donors (Lipinski definition) is 2. The van der Waals surface area contributed by atoms with E-state index in [1.165, 1.54) is 16.7 Å². The maximum atomic E-state index is 11.3. The minimum Gasteiger partial charge on any atom is -0.507 e. The van der Waals surface area contributed by atoms with Gasteiger partial charge in [0.2, 0.25) is 0 Å². The highest BCUT2D eigenvalue weighted by atomic mass is 16.3. The predicted octanol–water partition coefficient (Wildman–Crippen LogP) is 8.73. The van der Waals surface area contributed by atoms with Crippen LogP contribution in [-0.4, -0.2) is 34.7 Å². The van der Waals surface area contributed by atoms with Crippen molar-refractivity contribution in [2.75, 3.05) is 0 Å². The van der Waals surface area contributed by atoms with Gasteiger partial charge in [0.1, 0.15) is 11.5 Å². The van der Waals surface area contributed by atoms with Gasteiger partial charge in [-0.3, -0.25) is 9.98 Å². The lowest BCUT2D eigenvalue weighted by molar-refractivity contribution is 0.390. The number of phenols is 2. The van der Waals surface area contributed by atoms with E-state index in [-0.39, 0.29) is 17.5 Å². The summed E-state index contributed by atoms with van der Waals surface area (Å²) in [7, 11) is 0. The summed E-state index contributed by atoms with van der Waals surface area (Å²) in [4.78, 5) is 10.0. The van der Waals surface area contributed by atoms with E-state index in [0.29, 0.717) is 24.3 Å². The number of phenolic OH excluding ortho intramolecular Hbond substituents is 2. The number of aryl methyl sites for hydroxylation is 1. The summed E-state index contributed by atoms with van der Waals surface area (Å²) in [6.45, 7) is 8.66. The molecule has 1 fully saturated rings. The van der Waals surface area contributed by atoms with Gasteiger partial charge in [-0.05, 0) is 70.7 Å². The monoisotopic (exact) mass is 572 g/mol. The van der Waals surface area contributed by atoms with Gasteiger partial charge in [0.05, 0.1) is 12.1 Å². The van der Waals surface area contributed by atoms with Gasteiger partial charge in [-0.25, -0.2) is 0 Å². The zero-order chi connectivity index (χ0) is 30.4. The van der Waals surface area contributed by atoms with Crippen molar-refractivity contribution in [3.63, 3.8) is 0 Å². The Bertz CT molecular complexity index is 1580. The molecule has 5 rings (SSSR count). The summed E-state index contributed by atoms with van der Waals surface area (Å²) in [5, 5.41) is 22.5. The molecule has 222 valence electrons. The minimum absolute atomic E-state index is 0.0241. The van der Waals surface area contributed by atoms with Gasteiger partial charge >= 0.3 is 0 Å². The third kappa shape index (κ3) is 7.81. The molecule has 0 aromatic heterocycles. The topological polar surface area (TPSA) is 65.2 Å². The van der Waals surface area contributed by atoms with Crippen molar-refractivity contribution in [1.29, 1.82) is 0 Å². The first kappa shape index (κ1) is 30.3. The highest BCUT2D eigenvalue weighted by Gasteiger charge is 2.24. The highest BCUT2D eigenvalue weighted by Crippen LogP contribution is 2.33. The molecule has 2 N–H and O–H groups in total. The number of benzene rings is 4. The lowest BCUT2D eigenvalue weighted by Gasteiger charge is -2.26.